The minimum atomic E-state index is -0.0000980. The zero-order valence-electron chi connectivity index (χ0n) is 9.78. The molecule has 1 aromatic carbocycles. The quantitative estimate of drug-likeness (QED) is 0.898. The standard InChI is InChI=1S/C12H16ClNO3/c1-16-11-7-9(6-10(13)12(11)15)8-14-2-4-17-5-3-14/h6-7,15H,2-5,8H2,1H3. The molecule has 4 nitrogen and oxygen atoms in total. The molecule has 94 valence electrons. The molecule has 1 aliphatic rings. The molecule has 1 N–H and O–H groups in total. The van der Waals surface area contributed by atoms with E-state index in [9.17, 15) is 5.11 Å². The molecule has 0 aliphatic carbocycles. The van der Waals surface area contributed by atoms with Crippen molar-refractivity contribution in [1.82, 2.24) is 4.90 Å². The van der Waals surface area contributed by atoms with Gasteiger partial charge in [-0.2, -0.15) is 0 Å². The van der Waals surface area contributed by atoms with Gasteiger partial charge in [-0.25, -0.2) is 0 Å². The van der Waals surface area contributed by atoms with Gasteiger partial charge < -0.3 is 14.6 Å². The van der Waals surface area contributed by atoms with Crippen molar-refractivity contribution >= 4 is 11.6 Å². The van der Waals surface area contributed by atoms with Crippen LogP contribution in [0.1, 0.15) is 5.56 Å². The van der Waals surface area contributed by atoms with Gasteiger partial charge in [-0.3, -0.25) is 4.90 Å². The monoisotopic (exact) mass is 257 g/mol. The Labute approximate surface area is 106 Å². The summed E-state index contributed by atoms with van der Waals surface area (Å²) in [4.78, 5) is 2.28. The van der Waals surface area contributed by atoms with E-state index in [0.717, 1.165) is 38.4 Å². The second kappa shape index (κ2) is 5.58. The van der Waals surface area contributed by atoms with Crippen LogP contribution in [0, 0.1) is 0 Å². The molecule has 0 radical (unpaired) electrons. The first-order chi connectivity index (χ1) is 8.20. The van der Waals surface area contributed by atoms with E-state index in [0.29, 0.717) is 10.8 Å². The molecule has 0 aromatic heterocycles. The van der Waals surface area contributed by atoms with Gasteiger partial charge in [0, 0.05) is 19.6 Å². The van der Waals surface area contributed by atoms with E-state index in [1.807, 2.05) is 6.07 Å². The fourth-order valence-corrected chi connectivity index (χ4v) is 2.12. The Bertz CT molecular complexity index is 392. The Hall–Kier alpha value is -0.970. The van der Waals surface area contributed by atoms with Crippen molar-refractivity contribution in [2.45, 2.75) is 6.54 Å². The lowest BCUT2D eigenvalue weighted by Gasteiger charge is -2.26. The van der Waals surface area contributed by atoms with Crippen LogP contribution < -0.4 is 4.74 Å². The van der Waals surface area contributed by atoms with Gasteiger partial charge in [-0.15, -0.1) is 0 Å². The first-order valence-corrected chi connectivity index (χ1v) is 5.94. The third-order valence-electron chi connectivity index (χ3n) is 2.82. The van der Waals surface area contributed by atoms with Crippen LogP contribution in [0.25, 0.3) is 0 Å². The molecular weight excluding hydrogens is 242 g/mol. The normalized spacial score (nSPS) is 17.1. The van der Waals surface area contributed by atoms with Crippen LogP contribution in [0.4, 0.5) is 0 Å². The van der Waals surface area contributed by atoms with Crippen LogP contribution in [-0.2, 0) is 11.3 Å². The van der Waals surface area contributed by atoms with Crippen LogP contribution in [0.2, 0.25) is 5.02 Å². The number of methoxy groups -OCH3 is 1. The molecule has 1 heterocycles. The topological polar surface area (TPSA) is 41.9 Å². The molecule has 0 unspecified atom stereocenters. The number of benzene rings is 1. The predicted molar refractivity (Wildman–Crippen MR) is 65.8 cm³/mol. The lowest BCUT2D eigenvalue weighted by atomic mass is 10.2. The summed E-state index contributed by atoms with van der Waals surface area (Å²) in [7, 11) is 1.52. The van der Waals surface area contributed by atoms with Crippen LogP contribution in [0.15, 0.2) is 12.1 Å². The molecule has 0 saturated carbocycles. The van der Waals surface area contributed by atoms with E-state index in [4.69, 9.17) is 21.1 Å². The number of nitrogens with zero attached hydrogens (tertiary/aromatic N) is 1. The summed E-state index contributed by atoms with van der Waals surface area (Å²) in [6, 6.07) is 3.59. The molecule has 1 aromatic rings. The molecule has 0 amide bonds. The van der Waals surface area contributed by atoms with Gasteiger partial charge in [-0.05, 0) is 17.7 Å². The third-order valence-corrected chi connectivity index (χ3v) is 3.11. The smallest absolute Gasteiger partial charge is 0.176 e. The average molecular weight is 258 g/mol. The zero-order chi connectivity index (χ0) is 12.3. The van der Waals surface area contributed by atoms with Crippen molar-refractivity contribution in [3.63, 3.8) is 0 Å². The first-order valence-electron chi connectivity index (χ1n) is 5.56. The minimum Gasteiger partial charge on any atom is -0.503 e. The summed E-state index contributed by atoms with van der Waals surface area (Å²) >= 11 is 5.94. The van der Waals surface area contributed by atoms with E-state index in [1.165, 1.54) is 7.11 Å². The maximum atomic E-state index is 9.64. The van der Waals surface area contributed by atoms with Crippen LogP contribution in [0.3, 0.4) is 0 Å². The fourth-order valence-electron chi connectivity index (χ4n) is 1.89. The van der Waals surface area contributed by atoms with E-state index in [1.54, 1.807) is 6.07 Å². The summed E-state index contributed by atoms with van der Waals surface area (Å²) in [5.74, 6) is 0.417. The van der Waals surface area contributed by atoms with Crippen molar-refractivity contribution in [1.29, 1.82) is 0 Å². The third kappa shape index (κ3) is 3.03. The predicted octanol–water partition coefficient (Wildman–Crippen LogP) is 1.89. The Morgan fingerprint density at radius 1 is 1.41 bits per heavy atom. The highest BCUT2D eigenvalue weighted by Crippen LogP contribution is 2.35. The molecular formula is C12H16ClNO3. The largest absolute Gasteiger partial charge is 0.503 e. The highest BCUT2D eigenvalue weighted by molar-refractivity contribution is 6.32. The van der Waals surface area contributed by atoms with Gasteiger partial charge in [-0.1, -0.05) is 11.6 Å². The number of ether oxygens (including phenoxy) is 2. The van der Waals surface area contributed by atoms with Crippen molar-refractivity contribution in [2.75, 3.05) is 33.4 Å². The van der Waals surface area contributed by atoms with Gasteiger partial charge in [0.1, 0.15) is 0 Å². The number of rotatable bonds is 3. The molecule has 0 atom stereocenters. The summed E-state index contributed by atoms with van der Waals surface area (Å²) in [5, 5.41) is 9.96. The van der Waals surface area contributed by atoms with Gasteiger partial charge in [0.25, 0.3) is 0 Å². The van der Waals surface area contributed by atoms with Crippen molar-refractivity contribution in [2.24, 2.45) is 0 Å². The summed E-state index contributed by atoms with van der Waals surface area (Å²) in [6.07, 6.45) is 0. The maximum Gasteiger partial charge on any atom is 0.176 e. The number of hydrogen-bond donors (Lipinski definition) is 1. The van der Waals surface area contributed by atoms with Gasteiger partial charge in [0.05, 0.1) is 25.3 Å². The molecule has 2 rings (SSSR count). The van der Waals surface area contributed by atoms with Gasteiger partial charge in [0.15, 0.2) is 11.5 Å². The van der Waals surface area contributed by atoms with Crippen molar-refractivity contribution < 1.29 is 14.6 Å². The van der Waals surface area contributed by atoms with Crippen LogP contribution in [-0.4, -0.2) is 43.4 Å². The average Bonchev–Trinajstić information content (AvgIpc) is 2.35. The number of aromatic hydroxyl groups is 1. The number of halogens is 1. The van der Waals surface area contributed by atoms with Gasteiger partial charge in [0.2, 0.25) is 0 Å². The second-order valence-corrected chi connectivity index (χ2v) is 4.42. The number of phenolic OH excluding ortho intramolecular Hbond substituents is 1. The minimum absolute atomic E-state index is 0.0000980. The lowest BCUT2D eigenvalue weighted by molar-refractivity contribution is 0.0341. The molecule has 17 heavy (non-hydrogen) atoms. The SMILES string of the molecule is COc1cc(CN2CCOCC2)cc(Cl)c1O. The molecule has 1 fully saturated rings. The lowest BCUT2D eigenvalue weighted by Crippen LogP contribution is -2.35. The van der Waals surface area contributed by atoms with Crippen molar-refractivity contribution in [3.05, 3.63) is 22.7 Å². The number of morpholine rings is 1. The highest BCUT2D eigenvalue weighted by Gasteiger charge is 2.14. The van der Waals surface area contributed by atoms with Crippen LogP contribution >= 0.6 is 11.6 Å². The first kappa shape index (κ1) is 12.5. The Morgan fingerprint density at radius 3 is 2.76 bits per heavy atom. The molecule has 1 aliphatic heterocycles. The van der Waals surface area contributed by atoms with Crippen molar-refractivity contribution in [3.8, 4) is 11.5 Å². The van der Waals surface area contributed by atoms with Gasteiger partial charge >= 0.3 is 0 Å². The maximum absolute atomic E-state index is 9.64. The molecule has 0 bridgehead atoms. The Kier molecular flexibility index (Phi) is 4.10. The fraction of sp³-hybridized carbons (Fsp3) is 0.500. The molecule has 0 spiro atoms. The number of phenols is 1. The summed E-state index contributed by atoms with van der Waals surface area (Å²) in [5.41, 5.74) is 1.03. The Morgan fingerprint density at radius 2 is 2.12 bits per heavy atom. The highest BCUT2D eigenvalue weighted by atomic mass is 35.5. The number of hydrogen-bond acceptors (Lipinski definition) is 4. The Balaban J connectivity index is 2.12. The second-order valence-electron chi connectivity index (χ2n) is 4.02. The van der Waals surface area contributed by atoms with E-state index >= 15 is 0 Å². The van der Waals surface area contributed by atoms with Crippen LogP contribution in [0.5, 0.6) is 11.5 Å². The van der Waals surface area contributed by atoms with E-state index in [2.05, 4.69) is 4.90 Å². The van der Waals surface area contributed by atoms with E-state index < -0.39 is 0 Å². The van der Waals surface area contributed by atoms with E-state index in [-0.39, 0.29) is 5.75 Å². The molecule has 5 heteroatoms. The molecule has 1 saturated heterocycles. The zero-order valence-corrected chi connectivity index (χ0v) is 10.5. The summed E-state index contributed by atoms with van der Waals surface area (Å²) < 4.78 is 10.4. The summed E-state index contributed by atoms with van der Waals surface area (Å²) in [6.45, 7) is 4.16.